The number of rotatable bonds is 4. The molecule has 0 aliphatic rings. The summed E-state index contributed by atoms with van der Waals surface area (Å²) in [4.78, 5) is 16.6. The molecule has 0 bridgehead atoms. The molecule has 3 rings (SSSR count). The standard InChI is InChI=1S/C18H18N4O/c1-13-4-6-15(7-5-13)14(2)21-18(23)16-8-9-17(19-12-16)22-11-3-10-20-22/h3-12,14H,1-2H3,(H,21,23)/t14-/m0/s1. The van der Waals surface area contributed by atoms with Crippen molar-refractivity contribution in [3.8, 4) is 5.82 Å². The van der Waals surface area contributed by atoms with E-state index < -0.39 is 0 Å². The summed E-state index contributed by atoms with van der Waals surface area (Å²) in [5.41, 5.74) is 2.80. The van der Waals surface area contributed by atoms with Gasteiger partial charge in [-0.15, -0.1) is 0 Å². The quantitative estimate of drug-likeness (QED) is 0.806. The van der Waals surface area contributed by atoms with Crippen molar-refractivity contribution >= 4 is 5.91 Å². The Kier molecular flexibility index (Phi) is 4.19. The molecular formula is C18H18N4O. The topological polar surface area (TPSA) is 59.8 Å². The van der Waals surface area contributed by atoms with Crippen LogP contribution in [-0.2, 0) is 0 Å². The Bertz CT molecular complexity index is 777. The Hall–Kier alpha value is -2.95. The number of benzene rings is 1. The SMILES string of the molecule is Cc1ccc([C@H](C)NC(=O)c2ccc(-n3cccn3)nc2)cc1. The van der Waals surface area contributed by atoms with E-state index in [1.807, 2.05) is 50.4 Å². The van der Waals surface area contributed by atoms with Crippen LogP contribution in [0.1, 0.15) is 34.5 Å². The monoisotopic (exact) mass is 306 g/mol. The van der Waals surface area contributed by atoms with Crippen LogP contribution in [0.2, 0.25) is 0 Å². The molecule has 0 aliphatic carbocycles. The number of hydrogen-bond acceptors (Lipinski definition) is 3. The highest BCUT2D eigenvalue weighted by molar-refractivity contribution is 5.94. The lowest BCUT2D eigenvalue weighted by molar-refractivity contribution is 0.0939. The molecular weight excluding hydrogens is 288 g/mol. The van der Waals surface area contributed by atoms with Crippen molar-refractivity contribution in [1.29, 1.82) is 0 Å². The minimum Gasteiger partial charge on any atom is -0.345 e. The van der Waals surface area contributed by atoms with Crippen LogP contribution in [0.3, 0.4) is 0 Å². The molecule has 0 spiro atoms. The Balaban J connectivity index is 1.69. The summed E-state index contributed by atoms with van der Waals surface area (Å²) in [6.45, 7) is 4.01. The number of carbonyl (C=O) groups excluding carboxylic acids is 1. The zero-order valence-electron chi connectivity index (χ0n) is 13.1. The van der Waals surface area contributed by atoms with Gasteiger partial charge in [0.1, 0.15) is 0 Å². The predicted molar refractivity (Wildman–Crippen MR) is 88.4 cm³/mol. The highest BCUT2D eigenvalue weighted by Gasteiger charge is 2.12. The molecule has 116 valence electrons. The van der Waals surface area contributed by atoms with Gasteiger partial charge in [-0.25, -0.2) is 9.67 Å². The van der Waals surface area contributed by atoms with Crippen molar-refractivity contribution in [2.45, 2.75) is 19.9 Å². The van der Waals surface area contributed by atoms with Gasteiger partial charge in [-0.05, 0) is 37.6 Å². The first-order valence-electron chi connectivity index (χ1n) is 7.47. The van der Waals surface area contributed by atoms with Gasteiger partial charge in [0, 0.05) is 18.6 Å². The van der Waals surface area contributed by atoms with Gasteiger partial charge in [0.25, 0.3) is 5.91 Å². The molecule has 0 aliphatic heterocycles. The number of hydrogen-bond donors (Lipinski definition) is 1. The Morgan fingerprint density at radius 1 is 1.17 bits per heavy atom. The van der Waals surface area contributed by atoms with Gasteiger partial charge < -0.3 is 5.32 Å². The lowest BCUT2D eigenvalue weighted by Crippen LogP contribution is -2.26. The van der Waals surface area contributed by atoms with Crippen LogP contribution in [0, 0.1) is 6.92 Å². The van der Waals surface area contributed by atoms with Crippen molar-refractivity contribution in [2.24, 2.45) is 0 Å². The smallest absolute Gasteiger partial charge is 0.253 e. The Morgan fingerprint density at radius 3 is 2.57 bits per heavy atom. The number of aromatic nitrogens is 3. The molecule has 1 atom stereocenters. The van der Waals surface area contributed by atoms with E-state index >= 15 is 0 Å². The van der Waals surface area contributed by atoms with Gasteiger partial charge in [-0.3, -0.25) is 4.79 Å². The van der Waals surface area contributed by atoms with Gasteiger partial charge in [-0.2, -0.15) is 5.10 Å². The lowest BCUT2D eigenvalue weighted by atomic mass is 10.1. The summed E-state index contributed by atoms with van der Waals surface area (Å²) in [7, 11) is 0. The highest BCUT2D eigenvalue weighted by Crippen LogP contribution is 2.14. The second-order valence-electron chi connectivity index (χ2n) is 5.46. The number of nitrogens with one attached hydrogen (secondary N) is 1. The third-order valence-electron chi connectivity index (χ3n) is 3.67. The van der Waals surface area contributed by atoms with Crippen LogP contribution in [-0.4, -0.2) is 20.7 Å². The van der Waals surface area contributed by atoms with Gasteiger partial charge in [0.2, 0.25) is 0 Å². The number of aryl methyl sites for hydroxylation is 1. The number of carbonyl (C=O) groups is 1. The zero-order valence-corrected chi connectivity index (χ0v) is 13.1. The fraction of sp³-hybridized carbons (Fsp3) is 0.167. The number of pyridine rings is 1. The average Bonchev–Trinajstić information content (AvgIpc) is 3.10. The third-order valence-corrected chi connectivity index (χ3v) is 3.67. The normalized spacial score (nSPS) is 11.9. The minimum atomic E-state index is -0.141. The molecule has 5 heteroatoms. The maximum Gasteiger partial charge on any atom is 0.253 e. The summed E-state index contributed by atoms with van der Waals surface area (Å²) in [6, 6.07) is 13.4. The third kappa shape index (κ3) is 3.45. The average molecular weight is 306 g/mol. The molecule has 2 aromatic heterocycles. The maximum absolute atomic E-state index is 12.3. The van der Waals surface area contributed by atoms with Gasteiger partial charge in [0.05, 0.1) is 11.6 Å². The van der Waals surface area contributed by atoms with E-state index in [9.17, 15) is 4.79 Å². The molecule has 1 N–H and O–H groups in total. The van der Waals surface area contributed by atoms with Crippen molar-refractivity contribution in [3.05, 3.63) is 77.7 Å². The fourth-order valence-corrected chi connectivity index (χ4v) is 2.28. The molecule has 0 saturated carbocycles. The van der Waals surface area contributed by atoms with E-state index in [1.54, 1.807) is 29.2 Å². The van der Waals surface area contributed by atoms with E-state index in [0.29, 0.717) is 11.4 Å². The van der Waals surface area contributed by atoms with Gasteiger partial charge in [0.15, 0.2) is 5.82 Å². The maximum atomic E-state index is 12.3. The first-order chi connectivity index (χ1) is 11.1. The Labute approximate surface area is 135 Å². The second kappa shape index (κ2) is 6.44. The molecule has 2 heterocycles. The zero-order chi connectivity index (χ0) is 16.2. The van der Waals surface area contributed by atoms with Gasteiger partial charge >= 0.3 is 0 Å². The molecule has 0 saturated heterocycles. The van der Waals surface area contributed by atoms with E-state index in [4.69, 9.17) is 0 Å². The largest absolute Gasteiger partial charge is 0.345 e. The Morgan fingerprint density at radius 2 is 1.96 bits per heavy atom. The molecule has 1 aromatic carbocycles. The van der Waals surface area contributed by atoms with Crippen LogP contribution in [0.5, 0.6) is 0 Å². The van der Waals surface area contributed by atoms with Crippen molar-refractivity contribution in [3.63, 3.8) is 0 Å². The summed E-state index contributed by atoms with van der Waals surface area (Å²) < 4.78 is 1.65. The molecule has 23 heavy (non-hydrogen) atoms. The molecule has 3 aromatic rings. The summed E-state index contributed by atoms with van der Waals surface area (Å²) in [5.74, 6) is 0.538. The van der Waals surface area contributed by atoms with Gasteiger partial charge in [-0.1, -0.05) is 29.8 Å². The number of nitrogens with zero attached hydrogens (tertiary/aromatic N) is 3. The van der Waals surface area contributed by atoms with E-state index in [-0.39, 0.29) is 11.9 Å². The van der Waals surface area contributed by atoms with Crippen LogP contribution in [0.4, 0.5) is 0 Å². The van der Waals surface area contributed by atoms with E-state index in [1.165, 1.54) is 5.56 Å². The summed E-state index contributed by atoms with van der Waals surface area (Å²) >= 11 is 0. The van der Waals surface area contributed by atoms with Crippen molar-refractivity contribution in [1.82, 2.24) is 20.1 Å². The summed E-state index contributed by atoms with van der Waals surface area (Å²) in [6.07, 6.45) is 5.06. The van der Waals surface area contributed by atoms with Crippen LogP contribution in [0.25, 0.3) is 5.82 Å². The molecule has 1 amide bonds. The van der Waals surface area contributed by atoms with Crippen LogP contribution in [0.15, 0.2) is 61.1 Å². The fourth-order valence-electron chi connectivity index (χ4n) is 2.28. The van der Waals surface area contributed by atoms with Crippen LogP contribution < -0.4 is 5.32 Å². The molecule has 5 nitrogen and oxygen atoms in total. The predicted octanol–water partition coefficient (Wildman–Crippen LogP) is 3.07. The van der Waals surface area contributed by atoms with E-state index in [0.717, 1.165) is 5.56 Å². The molecule has 0 fully saturated rings. The molecule has 0 radical (unpaired) electrons. The van der Waals surface area contributed by atoms with E-state index in [2.05, 4.69) is 15.4 Å². The highest BCUT2D eigenvalue weighted by atomic mass is 16.1. The first-order valence-corrected chi connectivity index (χ1v) is 7.47. The lowest BCUT2D eigenvalue weighted by Gasteiger charge is -2.14. The minimum absolute atomic E-state index is 0.0612. The van der Waals surface area contributed by atoms with Crippen molar-refractivity contribution in [2.75, 3.05) is 0 Å². The first kappa shape index (κ1) is 15.0. The second-order valence-corrected chi connectivity index (χ2v) is 5.46. The molecule has 0 unspecified atom stereocenters. The van der Waals surface area contributed by atoms with Crippen LogP contribution >= 0.6 is 0 Å². The number of amides is 1. The van der Waals surface area contributed by atoms with Crippen molar-refractivity contribution < 1.29 is 4.79 Å². The summed E-state index contributed by atoms with van der Waals surface area (Å²) in [5, 5.41) is 7.09.